The van der Waals surface area contributed by atoms with Gasteiger partial charge in [-0.3, -0.25) is 0 Å². The maximum Gasteiger partial charge on any atom is 0.129 e. The Kier molecular flexibility index (Phi) is 5.54. The van der Waals surface area contributed by atoms with Gasteiger partial charge >= 0.3 is 0 Å². The molecule has 3 heteroatoms. The highest BCUT2D eigenvalue weighted by Gasteiger charge is 1.99. The number of hydrogen-bond acceptors (Lipinski definition) is 2. The summed E-state index contributed by atoms with van der Waals surface area (Å²) >= 11 is 4.13. The molecule has 84 valence electrons. The maximum absolute atomic E-state index is 13.1. The SMILES string of the molecule is Cc1ccc(OCCCCCS)cc1F. The van der Waals surface area contributed by atoms with Crippen molar-refractivity contribution >= 4 is 12.6 Å². The first-order chi connectivity index (χ1) is 7.24. The number of aryl methyl sites for hydroxylation is 1. The molecule has 0 radical (unpaired) electrons. The van der Waals surface area contributed by atoms with Gasteiger partial charge < -0.3 is 4.74 Å². The summed E-state index contributed by atoms with van der Waals surface area (Å²) < 4.78 is 18.5. The van der Waals surface area contributed by atoms with Crippen LogP contribution < -0.4 is 4.74 Å². The van der Waals surface area contributed by atoms with Gasteiger partial charge in [-0.15, -0.1) is 0 Å². The largest absolute Gasteiger partial charge is 0.493 e. The smallest absolute Gasteiger partial charge is 0.129 e. The van der Waals surface area contributed by atoms with Crippen LogP contribution in [0.25, 0.3) is 0 Å². The van der Waals surface area contributed by atoms with Gasteiger partial charge in [-0.05, 0) is 43.6 Å². The van der Waals surface area contributed by atoms with E-state index in [2.05, 4.69) is 12.6 Å². The fourth-order valence-electron chi connectivity index (χ4n) is 1.24. The summed E-state index contributed by atoms with van der Waals surface area (Å²) in [4.78, 5) is 0. The number of hydrogen-bond donors (Lipinski definition) is 1. The molecule has 0 heterocycles. The average molecular weight is 228 g/mol. The first-order valence-corrected chi connectivity index (χ1v) is 5.87. The van der Waals surface area contributed by atoms with Crippen molar-refractivity contribution in [3.05, 3.63) is 29.6 Å². The summed E-state index contributed by atoms with van der Waals surface area (Å²) in [6.07, 6.45) is 3.21. The Labute approximate surface area is 96.1 Å². The Balaban J connectivity index is 2.28. The molecule has 0 bridgehead atoms. The first-order valence-electron chi connectivity index (χ1n) is 5.24. The fourth-order valence-corrected chi connectivity index (χ4v) is 1.47. The molecule has 0 aliphatic carbocycles. The van der Waals surface area contributed by atoms with E-state index in [4.69, 9.17) is 4.74 Å². The lowest BCUT2D eigenvalue weighted by Gasteiger charge is -2.06. The van der Waals surface area contributed by atoms with Crippen molar-refractivity contribution < 1.29 is 9.13 Å². The van der Waals surface area contributed by atoms with Crippen molar-refractivity contribution in [1.29, 1.82) is 0 Å². The molecule has 0 N–H and O–H groups in total. The number of rotatable bonds is 6. The molecule has 0 fully saturated rings. The fraction of sp³-hybridized carbons (Fsp3) is 0.500. The lowest BCUT2D eigenvalue weighted by Crippen LogP contribution is -1.98. The lowest BCUT2D eigenvalue weighted by molar-refractivity contribution is 0.305. The molecule has 1 rings (SSSR count). The highest BCUT2D eigenvalue weighted by Crippen LogP contribution is 2.16. The first kappa shape index (κ1) is 12.4. The van der Waals surface area contributed by atoms with E-state index in [0.717, 1.165) is 25.0 Å². The Morgan fingerprint density at radius 1 is 1.27 bits per heavy atom. The summed E-state index contributed by atoms with van der Waals surface area (Å²) in [5, 5.41) is 0. The van der Waals surface area contributed by atoms with Crippen LogP contribution in [-0.2, 0) is 0 Å². The van der Waals surface area contributed by atoms with Crippen LogP contribution in [0.4, 0.5) is 4.39 Å². The van der Waals surface area contributed by atoms with E-state index in [-0.39, 0.29) is 5.82 Å². The topological polar surface area (TPSA) is 9.23 Å². The van der Waals surface area contributed by atoms with Crippen LogP contribution in [0.15, 0.2) is 18.2 Å². The van der Waals surface area contributed by atoms with Gasteiger partial charge in [0.05, 0.1) is 6.61 Å². The zero-order valence-electron chi connectivity index (χ0n) is 9.00. The molecule has 1 aromatic carbocycles. The minimum Gasteiger partial charge on any atom is -0.493 e. The van der Waals surface area contributed by atoms with Gasteiger partial charge in [0, 0.05) is 6.07 Å². The van der Waals surface area contributed by atoms with Crippen molar-refractivity contribution in [1.82, 2.24) is 0 Å². The van der Waals surface area contributed by atoms with Crippen LogP contribution >= 0.6 is 12.6 Å². The zero-order valence-corrected chi connectivity index (χ0v) is 9.90. The predicted molar refractivity (Wildman–Crippen MR) is 64.3 cm³/mol. The third-order valence-electron chi connectivity index (χ3n) is 2.21. The summed E-state index contributed by atoms with van der Waals surface area (Å²) in [6.45, 7) is 2.39. The van der Waals surface area contributed by atoms with Crippen LogP contribution in [0.3, 0.4) is 0 Å². The normalized spacial score (nSPS) is 10.3. The Bertz CT molecular complexity index is 302. The summed E-state index contributed by atoms with van der Waals surface area (Å²) in [7, 11) is 0. The van der Waals surface area contributed by atoms with E-state index in [1.54, 1.807) is 19.1 Å². The van der Waals surface area contributed by atoms with Crippen molar-refractivity contribution in [3.8, 4) is 5.75 Å². The molecule has 0 saturated heterocycles. The third kappa shape index (κ3) is 4.56. The van der Waals surface area contributed by atoms with Crippen molar-refractivity contribution in [3.63, 3.8) is 0 Å². The van der Waals surface area contributed by atoms with Gasteiger partial charge in [0.15, 0.2) is 0 Å². The molecule has 0 aliphatic rings. The molecule has 0 aromatic heterocycles. The third-order valence-corrected chi connectivity index (χ3v) is 2.53. The molecule has 0 aliphatic heterocycles. The Morgan fingerprint density at radius 3 is 2.73 bits per heavy atom. The van der Waals surface area contributed by atoms with E-state index < -0.39 is 0 Å². The molecule has 0 spiro atoms. The standard InChI is InChI=1S/C12H17FOS/c1-10-5-6-11(9-12(10)13)14-7-3-2-4-8-15/h5-6,9,15H,2-4,7-8H2,1H3. The van der Waals surface area contributed by atoms with E-state index in [9.17, 15) is 4.39 Å². The predicted octanol–water partition coefficient (Wildman–Crippen LogP) is 3.61. The van der Waals surface area contributed by atoms with Gasteiger partial charge in [0.25, 0.3) is 0 Å². The molecular formula is C12H17FOS. The molecule has 1 aromatic rings. The Morgan fingerprint density at radius 2 is 2.07 bits per heavy atom. The zero-order chi connectivity index (χ0) is 11.1. The summed E-state index contributed by atoms with van der Waals surface area (Å²) in [5.41, 5.74) is 0.650. The van der Waals surface area contributed by atoms with Crippen LogP contribution in [0, 0.1) is 12.7 Å². The number of benzene rings is 1. The molecule has 0 unspecified atom stereocenters. The second-order valence-corrected chi connectivity index (χ2v) is 3.99. The second kappa shape index (κ2) is 6.72. The van der Waals surface area contributed by atoms with Gasteiger partial charge in [-0.1, -0.05) is 6.07 Å². The molecule has 1 nitrogen and oxygen atoms in total. The molecule has 0 atom stereocenters. The molecular weight excluding hydrogens is 211 g/mol. The molecule has 15 heavy (non-hydrogen) atoms. The highest BCUT2D eigenvalue weighted by atomic mass is 32.1. The van der Waals surface area contributed by atoms with E-state index in [1.807, 2.05) is 0 Å². The monoisotopic (exact) mass is 228 g/mol. The van der Waals surface area contributed by atoms with Gasteiger partial charge in [-0.2, -0.15) is 12.6 Å². The van der Waals surface area contributed by atoms with Crippen LogP contribution in [-0.4, -0.2) is 12.4 Å². The minimum atomic E-state index is -0.206. The second-order valence-electron chi connectivity index (χ2n) is 3.54. The Hall–Kier alpha value is -0.700. The minimum absolute atomic E-state index is 0.206. The van der Waals surface area contributed by atoms with Crippen molar-refractivity contribution in [2.45, 2.75) is 26.2 Å². The van der Waals surface area contributed by atoms with E-state index in [1.165, 1.54) is 6.07 Å². The number of unbranched alkanes of at least 4 members (excludes halogenated alkanes) is 2. The van der Waals surface area contributed by atoms with Crippen LogP contribution in [0.2, 0.25) is 0 Å². The summed E-state index contributed by atoms with van der Waals surface area (Å²) in [6, 6.07) is 4.98. The van der Waals surface area contributed by atoms with Crippen molar-refractivity contribution in [2.24, 2.45) is 0 Å². The van der Waals surface area contributed by atoms with Crippen molar-refractivity contribution in [2.75, 3.05) is 12.4 Å². The van der Waals surface area contributed by atoms with E-state index in [0.29, 0.717) is 17.9 Å². The lowest BCUT2D eigenvalue weighted by atomic mass is 10.2. The maximum atomic E-state index is 13.1. The number of halogens is 1. The van der Waals surface area contributed by atoms with Gasteiger partial charge in [-0.25, -0.2) is 4.39 Å². The number of thiol groups is 1. The van der Waals surface area contributed by atoms with Gasteiger partial charge in [0.1, 0.15) is 11.6 Å². The average Bonchev–Trinajstić information content (AvgIpc) is 2.23. The van der Waals surface area contributed by atoms with Crippen LogP contribution in [0.1, 0.15) is 24.8 Å². The highest BCUT2D eigenvalue weighted by molar-refractivity contribution is 7.80. The van der Waals surface area contributed by atoms with Gasteiger partial charge in [0.2, 0.25) is 0 Å². The molecule has 0 saturated carbocycles. The summed E-state index contributed by atoms with van der Waals surface area (Å²) in [5.74, 6) is 1.32. The number of ether oxygens (including phenoxy) is 1. The quantitative estimate of drug-likeness (QED) is 0.578. The van der Waals surface area contributed by atoms with Crippen LogP contribution in [0.5, 0.6) is 5.75 Å². The van der Waals surface area contributed by atoms with E-state index >= 15 is 0 Å². The molecule has 0 amide bonds.